The molecule has 0 aromatic rings. The molecule has 0 saturated carbocycles. The Balaban J connectivity index is 3.76. The highest BCUT2D eigenvalue weighted by Crippen LogP contribution is 2.08. The lowest BCUT2D eigenvalue weighted by Gasteiger charge is -2.27. The molecule has 0 aliphatic rings. The van der Waals surface area contributed by atoms with Crippen LogP contribution in [0.2, 0.25) is 0 Å². The van der Waals surface area contributed by atoms with Crippen LogP contribution in [0.25, 0.3) is 0 Å². The lowest BCUT2D eigenvalue weighted by molar-refractivity contribution is -0.883. The maximum absolute atomic E-state index is 13.6. The van der Waals surface area contributed by atoms with Crippen molar-refractivity contribution in [3.8, 4) is 0 Å². The highest BCUT2D eigenvalue weighted by molar-refractivity contribution is 5.80. The van der Waals surface area contributed by atoms with Crippen LogP contribution >= 0.6 is 0 Å². The van der Waals surface area contributed by atoms with Crippen LogP contribution in [0.1, 0.15) is 45.4 Å². The molecular weight excluding hydrogens is 275 g/mol. The molecule has 0 aromatic carbocycles. The summed E-state index contributed by atoms with van der Waals surface area (Å²) in [6.07, 6.45) is 3.36. The molecular formula is C15H30FN2O3+. The SMILES string of the molecule is CCCCCCC(F)C(=O)NCCC[N+](C)(C)CC(=O)O. The van der Waals surface area contributed by atoms with Gasteiger partial charge in [-0.2, -0.15) is 0 Å². The average molecular weight is 305 g/mol. The van der Waals surface area contributed by atoms with Gasteiger partial charge in [-0.05, 0) is 6.42 Å². The Morgan fingerprint density at radius 3 is 2.43 bits per heavy atom. The highest BCUT2D eigenvalue weighted by Gasteiger charge is 2.20. The van der Waals surface area contributed by atoms with Crippen LogP contribution in [0.5, 0.6) is 0 Å². The van der Waals surface area contributed by atoms with Crippen LogP contribution in [0.4, 0.5) is 4.39 Å². The fourth-order valence-electron chi connectivity index (χ4n) is 2.16. The monoisotopic (exact) mass is 305 g/mol. The Morgan fingerprint density at radius 2 is 1.86 bits per heavy atom. The minimum atomic E-state index is -1.43. The number of aliphatic carboxylic acids is 1. The number of hydrogen-bond acceptors (Lipinski definition) is 2. The van der Waals surface area contributed by atoms with E-state index in [0.717, 1.165) is 25.7 Å². The van der Waals surface area contributed by atoms with E-state index in [4.69, 9.17) is 5.11 Å². The van der Waals surface area contributed by atoms with Gasteiger partial charge in [0.15, 0.2) is 12.7 Å². The topological polar surface area (TPSA) is 66.4 Å². The summed E-state index contributed by atoms with van der Waals surface area (Å²) in [5.41, 5.74) is 0. The lowest BCUT2D eigenvalue weighted by Crippen LogP contribution is -2.45. The normalized spacial score (nSPS) is 13.0. The Bertz CT molecular complexity index is 322. The molecule has 6 heteroatoms. The van der Waals surface area contributed by atoms with Gasteiger partial charge in [-0.3, -0.25) is 4.79 Å². The Hall–Kier alpha value is -1.17. The fourth-order valence-corrected chi connectivity index (χ4v) is 2.16. The summed E-state index contributed by atoms with van der Waals surface area (Å²) in [6, 6.07) is 0. The number of carboxylic acid groups (broad SMARTS) is 1. The minimum Gasteiger partial charge on any atom is -0.477 e. The molecule has 1 unspecified atom stereocenters. The molecule has 1 amide bonds. The van der Waals surface area contributed by atoms with Crippen LogP contribution in [0, 0.1) is 0 Å². The molecule has 0 aliphatic carbocycles. The van der Waals surface area contributed by atoms with Crippen LogP contribution in [-0.2, 0) is 9.59 Å². The molecule has 0 saturated heterocycles. The van der Waals surface area contributed by atoms with Gasteiger partial charge in [0.2, 0.25) is 0 Å². The van der Waals surface area contributed by atoms with Crippen molar-refractivity contribution in [1.29, 1.82) is 0 Å². The minimum absolute atomic E-state index is 0.0388. The molecule has 0 spiro atoms. The van der Waals surface area contributed by atoms with Gasteiger partial charge in [-0.15, -0.1) is 0 Å². The number of unbranched alkanes of at least 4 members (excludes halogenated alkanes) is 3. The molecule has 0 bridgehead atoms. The van der Waals surface area contributed by atoms with E-state index >= 15 is 0 Å². The maximum Gasteiger partial charge on any atom is 0.359 e. The number of quaternary nitrogens is 1. The number of hydrogen-bond donors (Lipinski definition) is 2. The second kappa shape index (κ2) is 10.5. The van der Waals surface area contributed by atoms with Gasteiger partial charge in [0.25, 0.3) is 5.91 Å². The maximum atomic E-state index is 13.6. The van der Waals surface area contributed by atoms with E-state index in [2.05, 4.69) is 12.2 Å². The quantitative estimate of drug-likeness (QED) is 0.428. The first-order valence-corrected chi connectivity index (χ1v) is 7.74. The average Bonchev–Trinajstić information content (AvgIpc) is 2.37. The number of halogens is 1. The molecule has 1 atom stereocenters. The van der Waals surface area contributed by atoms with E-state index in [1.165, 1.54) is 0 Å². The van der Waals surface area contributed by atoms with Crippen molar-refractivity contribution in [2.24, 2.45) is 0 Å². The number of rotatable bonds is 12. The van der Waals surface area contributed by atoms with Crippen LogP contribution < -0.4 is 5.32 Å². The van der Waals surface area contributed by atoms with Gasteiger partial charge in [0, 0.05) is 13.0 Å². The van der Waals surface area contributed by atoms with Gasteiger partial charge < -0.3 is 14.9 Å². The predicted octanol–water partition coefficient (Wildman–Crippen LogP) is 1.96. The molecule has 0 aromatic heterocycles. The Morgan fingerprint density at radius 1 is 1.19 bits per heavy atom. The summed E-state index contributed by atoms with van der Waals surface area (Å²) in [5, 5.41) is 11.3. The van der Waals surface area contributed by atoms with E-state index in [1.54, 1.807) is 0 Å². The van der Waals surface area contributed by atoms with Gasteiger partial charge >= 0.3 is 5.97 Å². The lowest BCUT2D eigenvalue weighted by atomic mass is 10.1. The van der Waals surface area contributed by atoms with E-state index in [-0.39, 0.29) is 13.0 Å². The fraction of sp³-hybridized carbons (Fsp3) is 0.867. The number of carboxylic acids is 1. The number of nitrogens with one attached hydrogen (secondary N) is 1. The number of likely N-dealkylation sites (N-methyl/N-ethyl adjacent to an activating group) is 1. The smallest absolute Gasteiger partial charge is 0.359 e. The number of nitrogens with zero attached hydrogens (tertiary/aromatic N) is 1. The molecule has 0 heterocycles. The predicted molar refractivity (Wildman–Crippen MR) is 80.8 cm³/mol. The van der Waals surface area contributed by atoms with Gasteiger partial charge in [0.05, 0.1) is 20.6 Å². The standard InChI is InChI=1S/C15H29FN2O3/c1-4-5-6-7-9-13(16)15(21)17-10-8-11-18(2,3)12-14(19)20/h13H,4-12H2,1-3H3,(H-,17,19,20,21)/p+1. The summed E-state index contributed by atoms with van der Waals surface area (Å²) >= 11 is 0. The van der Waals surface area contributed by atoms with Crippen molar-refractivity contribution < 1.29 is 23.6 Å². The molecule has 21 heavy (non-hydrogen) atoms. The summed E-state index contributed by atoms with van der Waals surface area (Å²) < 4.78 is 13.9. The highest BCUT2D eigenvalue weighted by atomic mass is 19.1. The molecule has 2 N–H and O–H groups in total. The van der Waals surface area contributed by atoms with Crippen molar-refractivity contribution in [1.82, 2.24) is 5.32 Å². The molecule has 0 radical (unpaired) electrons. The van der Waals surface area contributed by atoms with Gasteiger partial charge in [0.1, 0.15) is 0 Å². The Labute approximate surface area is 127 Å². The third-order valence-corrected chi connectivity index (χ3v) is 3.40. The molecule has 5 nitrogen and oxygen atoms in total. The first-order chi connectivity index (χ1) is 9.78. The summed E-state index contributed by atoms with van der Waals surface area (Å²) in [7, 11) is 3.64. The summed E-state index contributed by atoms with van der Waals surface area (Å²) in [5.74, 6) is -1.39. The third-order valence-electron chi connectivity index (χ3n) is 3.40. The summed E-state index contributed by atoms with van der Waals surface area (Å²) in [4.78, 5) is 22.2. The zero-order valence-corrected chi connectivity index (χ0v) is 13.5. The second-order valence-corrected chi connectivity index (χ2v) is 6.17. The van der Waals surface area contributed by atoms with Crippen molar-refractivity contribution in [3.05, 3.63) is 0 Å². The number of carbonyl (C=O) groups is 2. The third kappa shape index (κ3) is 11.2. The van der Waals surface area contributed by atoms with E-state index in [9.17, 15) is 14.0 Å². The number of carbonyl (C=O) groups excluding carboxylic acids is 1. The van der Waals surface area contributed by atoms with Crippen molar-refractivity contribution >= 4 is 11.9 Å². The van der Waals surface area contributed by atoms with Crippen molar-refractivity contribution in [3.63, 3.8) is 0 Å². The molecule has 0 fully saturated rings. The summed E-state index contributed by atoms with van der Waals surface area (Å²) in [6.45, 7) is 3.14. The molecule has 0 rings (SSSR count). The number of amides is 1. The van der Waals surface area contributed by atoms with Crippen molar-refractivity contribution in [2.45, 2.75) is 51.6 Å². The second-order valence-electron chi connectivity index (χ2n) is 6.17. The zero-order chi connectivity index (χ0) is 16.3. The van der Waals surface area contributed by atoms with Crippen molar-refractivity contribution in [2.75, 3.05) is 33.7 Å². The number of alkyl halides is 1. The molecule has 124 valence electrons. The Kier molecular flexibility index (Phi) is 9.95. The van der Waals surface area contributed by atoms with Crippen LogP contribution in [-0.4, -0.2) is 61.4 Å². The van der Waals surface area contributed by atoms with E-state index < -0.39 is 18.0 Å². The van der Waals surface area contributed by atoms with E-state index in [1.807, 2.05) is 14.1 Å². The van der Waals surface area contributed by atoms with Gasteiger partial charge in [-0.25, -0.2) is 9.18 Å². The first kappa shape index (κ1) is 19.8. The molecule has 0 aliphatic heterocycles. The first-order valence-electron chi connectivity index (χ1n) is 7.74. The van der Waals surface area contributed by atoms with E-state index in [0.29, 0.717) is 24.0 Å². The van der Waals surface area contributed by atoms with Crippen LogP contribution in [0.3, 0.4) is 0 Å². The largest absolute Gasteiger partial charge is 0.477 e. The zero-order valence-electron chi connectivity index (χ0n) is 13.5. The van der Waals surface area contributed by atoms with Crippen LogP contribution in [0.15, 0.2) is 0 Å². The van der Waals surface area contributed by atoms with Gasteiger partial charge in [-0.1, -0.05) is 32.6 Å².